The van der Waals surface area contributed by atoms with Gasteiger partial charge in [-0.25, -0.2) is 4.79 Å². The van der Waals surface area contributed by atoms with Crippen LogP contribution in [0.15, 0.2) is 4.99 Å². The average Bonchev–Trinajstić information content (AvgIpc) is 2.74. The number of hydrogen-bond acceptors (Lipinski definition) is 8. The summed E-state index contributed by atoms with van der Waals surface area (Å²) in [7, 11) is 0. The number of nitrogens with zero attached hydrogens (tertiary/aromatic N) is 1. The summed E-state index contributed by atoms with van der Waals surface area (Å²) < 4.78 is 0. The molecule has 0 aromatic rings. The van der Waals surface area contributed by atoms with E-state index >= 15 is 0 Å². The fourth-order valence-corrected chi connectivity index (χ4v) is 2.67. The minimum absolute atomic E-state index is 0.0782. The number of aliphatic carboxylic acids is 1. The standard InChI is InChI=1S/C18H33N9O7/c19-8-14(30)25-9(2-1-7-24-18(22)23)15(31)26-10(3-5-12(20)28)16(32)27-11(17(33)34)4-6-13(21)29/h9-11H,1-8,19H2,(H2,20,28)(H2,21,29)(H,25,30)(H,26,31)(H,27,32)(H,33,34)(H4,22,23,24). The van der Waals surface area contributed by atoms with Gasteiger partial charge in [-0.2, -0.15) is 0 Å². The van der Waals surface area contributed by atoms with Crippen LogP contribution in [0.5, 0.6) is 0 Å². The highest BCUT2D eigenvalue weighted by molar-refractivity contribution is 5.94. The third-order valence-corrected chi connectivity index (χ3v) is 4.39. The van der Waals surface area contributed by atoms with Crippen LogP contribution in [-0.2, 0) is 28.8 Å². The fraction of sp³-hybridized carbons (Fsp3) is 0.611. The molecule has 14 N–H and O–H groups in total. The van der Waals surface area contributed by atoms with Crippen molar-refractivity contribution < 1.29 is 33.9 Å². The lowest BCUT2D eigenvalue weighted by atomic mass is 10.1. The normalized spacial score (nSPS) is 13.0. The molecule has 0 fully saturated rings. The van der Waals surface area contributed by atoms with Gasteiger partial charge in [0.2, 0.25) is 29.5 Å². The van der Waals surface area contributed by atoms with Gasteiger partial charge < -0.3 is 49.7 Å². The number of carboxylic acids is 1. The van der Waals surface area contributed by atoms with Crippen molar-refractivity contribution in [2.45, 2.75) is 56.7 Å². The van der Waals surface area contributed by atoms with Crippen LogP contribution in [-0.4, -0.2) is 77.8 Å². The first-order valence-corrected chi connectivity index (χ1v) is 10.3. The Bertz CT molecular complexity index is 784. The molecule has 0 spiro atoms. The first-order valence-electron chi connectivity index (χ1n) is 10.3. The molecule has 34 heavy (non-hydrogen) atoms. The van der Waals surface area contributed by atoms with E-state index in [2.05, 4.69) is 20.9 Å². The van der Waals surface area contributed by atoms with E-state index in [0.29, 0.717) is 0 Å². The number of carbonyl (C=O) groups is 6. The molecule has 0 bridgehead atoms. The number of guanidine groups is 1. The highest BCUT2D eigenvalue weighted by Gasteiger charge is 2.29. The molecule has 0 saturated carbocycles. The number of rotatable bonds is 17. The SMILES string of the molecule is NCC(=O)NC(CCCN=C(N)N)C(=O)NC(CCC(N)=O)C(=O)NC(CCC(N)=O)C(=O)O. The summed E-state index contributed by atoms with van der Waals surface area (Å²) in [6, 6.07) is -3.97. The minimum Gasteiger partial charge on any atom is -0.480 e. The van der Waals surface area contributed by atoms with Gasteiger partial charge in [0.25, 0.3) is 0 Å². The van der Waals surface area contributed by atoms with Gasteiger partial charge in [0, 0.05) is 19.4 Å². The van der Waals surface area contributed by atoms with Crippen molar-refractivity contribution in [3.63, 3.8) is 0 Å². The molecule has 16 heteroatoms. The number of nitrogens with one attached hydrogen (secondary N) is 3. The minimum atomic E-state index is -1.47. The van der Waals surface area contributed by atoms with Crippen LogP contribution in [0.3, 0.4) is 0 Å². The summed E-state index contributed by atoms with van der Waals surface area (Å²) in [6.45, 7) is -0.236. The van der Waals surface area contributed by atoms with Crippen LogP contribution in [0.1, 0.15) is 38.5 Å². The van der Waals surface area contributed by atoms with Crippen LogP contribution < -0.4 is 44.6 Å². The zero-order valence-electron chi connectivity index (χ0n) is 18.6. The Hall–Kier alpha value is -3.95. The highest BCUT2D eigenvalue weighted by atomic mass is 16.4. The summed E-state index contributed by atoms with van der Waals surface area (Å²) in [6.07, 6.45) is -0.782. The maximum atomic E-state index is 12.8. The van der Waals surface area contributed by atoms with E-state index in [1.807, 2.05) is 0 Å². The van der Waals surface area contributed by atoms with Crippen molar-refractivity contribution in [1.29, 1.82) is 0 Å². The predicted molar refractivity (Wildman–Crippen MR) is 119 cm³/mol. The molecule has 0 aromatic heterocycles. The van der Waals surface area contributed by atoms with Crippen LogP contribution in [0.2, 0.25) is 0 Å². The summed E-state index contributed by atoms with van der Waals surface area (Å²) in [5.74, 6) is -5.48. The molecule has 0 aromatic carbocycles. The topological polar surface area (TPSA) is 301 Å². The van der Waals surface area contributed by atoms with Crippen LogP contribution >= 0.6 is 0 Å². The second kappa shape index (κ2) is 15.8. The maximum absolute atomic E-state index is 12.8. The lowest BCUT2D eigenvalue weighted by molar-refractivity contribution is -0.142. The quantitative estimate of drug-likeness (QED) is 0.0534. The second-order valence-electron chi connectivity index (χ2n) is 7.24. The molecule has 3 atom stereocenters. The second-order valence-corrected chi connectivity index (χ2v) is 7.24. The van der Waals surface area contributed by atoms with Gasteiger partial charge in [-0.1, -0.05) is 0 Å². The summed E-state index contributed by atoms with van der Waals surface area (Å²) in [5, 5.41) is 16.2. The number of hydrogen-bond donors (Lipinski definition) is 9. The third kappa shape index (κ3) is 13.5. The molecule has 16 nitrogen and oxygen atoms in total. The summed E-state index contributed by atoms with van der Waals surface area (Å²) in [5.41, 5.74) is 25.9. The van der Waals surface area contributed by atoms with Crippen molar-refractivity contribution in [3.8, 4) is 0 Å². The molecule has 0 aliphatic heterocycles. The number of nitrogens with two attached hydrogens (primary N) is 5. The number of primary amides is 2. The fourth-order valence-electron chi connectivity index (χ4n) is 2.67. The maximum Gasteiger partial charge on any atom is 0.326 e. The number of amides is 5. The van der Waals surface area contributed by atoms with Crippen molar-refractivity contribution in [2.24, 2.45) is 33.7 Å². The predicted octanol–water partition coefficient (Wildman–Crippen LogP) is -4.93. The van der Waals surface area contributed by atoms with E-state index in [1.54, 1.807) is 0 Å². The monoisotopic (exact) mass is 487 g/mol. The molecule has 0 heterocycles. The molecule has 5 amide bonds. The van der Waals surface area contributed by atoms with E-state index < -0.39 is 60.2 Å². The summed E-state index contributed by atoms with van der Waals surface area (Å²) in [4.78, 5) is 74.5. The Balaban J connectivity index is 5.47. The van der Waals surface area contributed by atoms with Crippen LogP contribution in [0.25, 0.3) is 0 Å². The first-order chi connectivity index (χ1) is 15.9. The Labute approximate surface area is 195 Å². The van der Waals surface area contributed by atoms with E-state index in [4.69, 9.17) is 28.7 Å². The first kappa shape index (κ1) is 30.1. The van der Waals surface area contributed by atoms with Crippen molar-refractivity contribution in [3.05, 3.63) is 0 Å². The van der Waals surface area contributed by atoms with Gasteiger partial charge in [0.05, 0.1) is 6.54 Å². The lowest BCUT2D eigenvalue weighted by Gasteiger charge is -2.24. The van der Waals surface area contributed by atoms with E-state index in [-0.39, 0.29) is 51.0 Å². The Morgan fingerprint density at radius 3 is 1.65 bits per heavy atom. The molecular weight excluding hydrogens is 454 g/mol. The van der Waals surface area contributed by atoms with Crippen molar-refractivity contribution in [1.82, 2.24) is 16.0 Å². The van der Waals surface area contributed by atoms with E-state index in [1.165, 1.54) is 0 Å². The van der Waals surface area contributed by atoms with Crippen LogP contribution in [0, 0.1) is 0 Å². The van der Waals surface area contributed by atoms with Gasteiger partial charge in [-0.3, -0.25) is 29.0 Å². The molecule has 0 radical (unpaired) electrons. The molecule has 0 saturated heterocycles. The zero-order chi connectivity index (χ0) is 26.3. The molecule has 0 aliphatic rings. The third-order valence-electron chi connectivity index (χ3n) is 4.39. The van der Waals surface area contributed by atoms with Gasteiger partial charge in [0.1, 0.15) is 18.1 Å². The molecule has 192 valence electrons. The number of aliphatic imine (C=N–C) groups is 1. The van der Waals surface area contributed by atoms with E-state index in [0.717, 1.165) is 0 Å². The number of carboxylic acid groups (broad SMARTS) is 1. The Kier molecular flexibility index (Phi) is 14.0. The van der Waals surface area contributed by atoms with Gasteiger partial charge in [-0.05, 0) is 25.7 Å². The molecule has 0 rings (SSSR count). The zero-order valence-corrected chi connectivity index (χ0v) is 18.6. The lowest BCUT2D eigenvalue weighted by Crippen LogP contribution is -2.56. The van der Waals surface area contributed by atoms with Gasteiger partial charge in [0.15, 0.2) is 5.96 Å². The average molecular weight is 488 g/mol. The summed E-state index contributed by atoms with van der Waals surface area (Å²) >= 11 is 0. The largest absolute Gasteiger partial charge is 0.480 e. The number of carbonyl (C=O) groups excluding carboxylic acids is 5. The van der Waals surface area contributed by atoms with E-state index in [9.17, 15) is 33.9 Å². The van der Waals surface area contributed by atoms with Crippen LogP contribution in [0.4, 0.5) is 0 Å². The van der Waals surface area contributed by atoms with Crippen molar-refractivity contribution >= 4 is 41.5 Å². The van der Waals surface area contributed by atoms with Gasteiger partial charge in [-0.15, -0.1) is 0 Å². The Morgan fingerprint density at radius 1 is 0.735 bits per heavy atom. The Morgan fingerprint density at radius 2 is 1.21 bits per heavy atom. The molecular formula is C18H33N9O7. The smallest absolute Gasteiger partial charge is 0.326 e. The van der Waals surface area contributed by atoms with Gasteiger partial charge >= 0.3 is 5.97 Å². The molecule has 0 aliphatic carbocycles. The highest BCUT2D eigenvalue weighted by Crippen LogP contribution is 2.05. The van der Waals surface area contributed by atoms with Crippen molar-refractivity contribution in [2.75, 3.05) is 13.1 Å². The molecule has 3 unspecified atom stereocenters.